The summed E-state index contributed by atoms with van der Waals surface area (Å²) in [5, 5.41) is 5.25. The molecule has 0 N–H and O–H groups in total. The lowest BCUT2D eigenvalue weighted by Crippen LogP contribution is -2.53. The molecule has 0 bridgehead atoms. The molecule has 1 aromatic carbocycles. The number of hydrogen-bond acceptors (Lipinski definition) is 5. The van der Waals surface area contributed by atoms with Crippen molar-refractivity contribution in [2.45, 2.75) is 63.4 Å². The van der Waals surface area contributed by atoms with Crippen molar-refractivity contribution >= 4 is 11.6 Å². The highest BCUT2D eigenvalue weighted by atomic mass is 35.5. The topological polar surface area (TPSA) is 69.4 Å². The van der Waals surface area contributed by atoms with Crippen LogP contribution in [0.4, 0.5) is 0 Å². The standard InChI is InChI=1S/C21H25ClN4O3/c22-16-7-5-15(6-8-16)11-24-10-9-21(13-24)14-25-18(12-29-21)23-26(20(28)19(25)27)17-3-1-2-4-17/h5-8,17H,1-4,9-14H2/t21-/m0/s1. The summed E-state index contributed by atoms with van der Waals surface area (Å²) in [6, 6.07) is 7.92. The highest BCUT2D eigenvalue weighted by Gasteiger charge is 2.43. The number of halogens is 1. The Labute approximate surface area is 173 Å². The summed E-state index contributed by atoms with van der Waals surface area (Å²) < 4.78 is 9.23. The van der Waals surface area contributed by atoms with Crippen LogP contribution in [0.25, 0.3) is 0 Å². The fourth-order valence-corrected chi connectivity index (χ4v) is 5.06. The molecular formula is C21H25ClN4O3. The Morgan fingerprint density at radius 3 is 2.62 bits per heavy atom. The summed E-state index contributed by atoms with van der Waals surface area (Å²) in [7, 11) is 0. The third kappa shape index (κ3) is 3.56. The molecule has 154 valence electrons. The van der Waals surface area contributed by atoms with Gasteiger partial charge in [0.15, 0.2) is 5.82 Å². The molecule has 1 saturated carbocycles. The molecule has 2 aliphatic heterocycles. The van der Waals surface area contributed by atoms with Gasteiger partial charge in [0.25, 0.3) is 0 Å². The number of likely N-dealkylation sites (tertiary alicyclic amines) is 1. The summed E-state index contributed by atoms with van der Waals surface area (Å²) in [5.41, 5.74) is -0.188. The SMILES string of the molecule is O=c1c(=O)n2c(nn1C1CCCC1)CO[C@]1(CCN(Cc3ccc(Cl)cc3)C1)C2. The lowest BCUT2D eigenvalue weighted by Gasteiger charge is -2.35. The van der Waals surface area contributed by atoms with Gasteiger partial charge in [-0.3, -0.25) is 19.1 Å². The van der Waals surface area contributed by atoms with Crippen LogP contribution in [0.3, 0.4) is 0 Å². The number of benzene rings is 1. The molecule has 1 spiro atoms. The van der Waals surface area contributed by atoms with Crippen molar-refractivity contribution in [2.75, 3.05) is 13.1 Å². The number of ether oxygens (including phenoxy) is 1. The monoisotopic (exact) mass is 416 g/mol. The Kier molecular flexibility index (Phi) is 4.84. The van der Waals surface area contributed by atoms with Crippen LogP contribution >= 0.6 is 11.6 Å². The van der Waals surface area contributed by atoms with E-state index in [-0.39, 0.29) is 12.6 Å². The normalized spacial score (nSPS) is 25.0. The van der Waals surface area contributed by atoms with Crippen molar-refractivity contribution in [2.24, 2.45) is 0 Å². The molecule has 8 heteroatoms. The maximum atomic E-state index is 12.8. The molecule has 1 aliphatic carbocycles. The second-order valence-corrected chi connectivity index (χ2v) is 8.99. The summed E-state index contributed by atoms with van der Waals surface area (Å²) in [6.45, 7) is 3.10. The number of rotatable bonds is 3. The Hall–Kier alpha value is -1.96. The molecule has 0 unspecified atom stereocenters. The van der Waals surface area contributed by atoms with Crippen LogP contribution in [0.2, 0.25) is 5.02 Å². The van der Waals surface area contributed by atoms with Gasteiger partial charge in [0.05, 0.1) is 12.6 Å². The first-order valence-electron chi connectivity index (χ1n) is 10.4. The lowest BCUT2D eigenvalue weighted by atomic mass is 10.0. The Balaban J connectivity index is 1.35. The number of hydrogen-bond donors (Lipinski definition) is 0. The van der Waals surface area contributed by atoms with E-state index in [0.29, 0.717) is 12.4 Å². The van der Waals surface area contributed by atoms with Gasteiger partial charge in [0, 0.05) is 24.7 Å². The van der Waals surface area contributed by atoms with Crippen molar-refractivity contribution in [1.29, 1.82) is 0 Å². The quantitative estimate of drug-likeness (QED) is 0.718. The van der Waals surface area contributed by atoms with Gasteiger partial charge in [-0.15, -0.1) is 0 Å². The molecule has 7 nitrogen and oxygen atoms in total. The molecule has 3 heterocycles. The minimum absolute atomic E-state index is 0.0540. The minimum Gasteiger partial charge on any atom is -0.364 e. The van der Waals surface area contributed by atoms with Crippen LogP contribution in [0.15, 0.2) is 33.9 Å². The van der Waals surface area contributed by atoms with Crippen molar-refractivity contribution in [3.63, 3.8) is 0 Å². The van der Waals surface area contributed by atoms with Crippen LogP contribution in [-0.2, 0) is 24.4 Å². The molecule has 2 fully saturated rings. The summed E-state index contributed by atoms with van der Waals surface area (Å²) >= 11 is 5.97. The Morgan fingerprint density at radius 2 is 1.86 bits per heavy atom. The second-order valence-electron chi connectivity index (χ2n) is 8.55. The number of nitrogens with zero attached hydrogens (tertiary/aromatic N) is 4. The van der Waals surface area contributed by atoms with Crippen molar-refractivity contribution in [3.8, 4) is 0 Å². The van der Waals surface area contributed by atoms with E-state index < -0.39 is 16.7 Å². The summed E-state index contributed by atoms with van der Waals surface area (Å²) in [6.07, 6.45) is 4.83. The van der Waals surface area contributed by atoms with E-state index in [9.17, 15) is 9.59 Å². The van der Waals surface area contributed by atoms with Gasteiger partial charge in [0.1, 0.15) is 12.2 Å². The lowest BCUT2D eigenvalue weighted by molar-refractivity contribution is -0.0860. The zero-order valence-electron chi connectivity index (χ0n) is 16.3. The smallest absolute Gasteiger partial charge is 0.332 e. The predicted molar refractivity (Wildman–Crippen MR) is 109 cm³/mol. The van der Waals surface area contributed by atoms with E-state index in [4.69, 9.17) is 16.3 Å². The van der Waals surface area contributed by atoms with E-state index in [1.54, 1.807) is 4.57 Å². The first-order valence-corrected chi connectivity index (χ1v) is 10.7. The average molecular weight is 417 g/mol. The van der Waals surface area contributed by atoms with Gasteiger partial charge in [-0.2, -0.15) is 5.10 Å². The van der Waals surface area contributed by atoms with Gasteiger partial charge in [0.2, 0.25) is 0 Å². The van der Waals surface area contributed by atoms with Crippen LogP contribution in [0.1, 0.15) is 49.5 Å². The van der Waals surface area contributed by atoms with Crippen LogP contribution in [0.5, 0.6) is 0 Å². The average Bonchev–Trinajstić information content (AvgIpc) is 3.38. The highest BCUT2D eigenvalue weighted by molar-refractivity contribution is 6.30. The molecule has 29 heavy (non-hydrogen) atoms. The van der Waals surface area contributed by atoms with Gasteiger partial charge in [-0.1, -0.05) is 36.6 Å². The molecule has 5 rings (SSSR count). The van der Waals surface area contributed by atoms with E-state index in [1.807, 2.05) is 24.3 Å². The first-order chi connectivity index (χ1) is 14.0. The maximum absolute atomic E-state index is 12.8. The molecule has 0 radical (unpaired) electrons. The zero-order valence-corrected chi connectivity index (χ0v) is 17.1. The van der Waals surface area contributed by atoms with Crippen molar-refractivity contribution in [1.82, 2.24) is 19.2 Å². The molecule has 0 amide bonds. The highest BCUT2D eigenvalue weighted by Crippen LogP contribution is 2.32. The largest absolute Gasteiger partial charge is 0.364 e. The number of aromatic nitrogens is 3. The molecular weight excluding hydrogens is 392 g/mol. The van der Waals surface area contributed by atoms with Crippen molar-refractivity contribution < 1.29 is 4.74 Å². The van der Waals surface area contributed by atoms with Gasteiger partial charge in [-0.05, 0) is 37.0 Å². The van der Waals surface area contributed by atoms with Gasteiger partial charge < -0.3 is 4.74 Å². The van der Waals surface area contributed by atoms with Gasteiger partial charge >= 0.3 is 11.1 Å². The molecule has 1 aromatic heterocycles. The Bertz CT molecular complexity index is 1030. The third-order valence-corrected chi connectivity index (χ3v) is 6.76. The second kappa shape index (κ2) is 7.38. The van der Waals surface area contributed by atoms with E-state index in [1.165, 1.54) is 10.2 Å². The van der Waals surface area contributed by atoms with Crippen LogP contribution in [-0.4, -0.2) is 37.9 Å². The Morgan fingerprint density at radius 1 is 1.10 bits per heavy atom. The number of fused-ring (bicyclic) bond motifs is 1. The fraction of sp³-hybridized carbons (Fsp3) is 0.571. The van der Waals surface area contributed by atoms with Crippen molar-refractivity contribution in [3.05, 3.63) is 61.4 Å². The van der Waals surface area contributed by atoms with E-state index >= 15 is 0 Å². The fourth-order valence-electron chi connectivity index (χ4n) is 4.93. The first kappa shape index (κ1) is 19.0. The minimum atomic E-state index is -0.492. The molecule has 2 aromatic rings. The third-order valence-electron chi connectivity index (χ3n) is 6.51. The maximum Gasteiger partial charge on any atom is 0.332 e. The van der Waals surface area contributed by atoms with Crippen LogP contribution < -0.4 is 11.1 Å². The van der Waals surface area contributed by atoms with E-state index in [0.717, 1.165) is 56.8 Å². The van der Waals surface area contributed by atoms with E-state index in [2.05, 4.69) is 10.00 Å². The molecule has 1 atom stereocenters. The van der Waals surface area contributed by atoms with Gasteiger partial charge in [-0.25, -0.2) is 4.68 Å². The zero-order chi connectivity index (χ0) is 20.0. The predicted octanol–water partition coefficient (Wildman–Crippen LogP) is 2.35. The molecule has 3 aliphatic rings. The van der Waals surface area contributed by atoms with Crippen LogP contribution in [0, 0.1) is 0 Å². The summed E-state index contributed by atoms with van der Waals surface area (Å²) in [5.74, 6) is 0.572. The molecule has 1 saturated heterocycles. The summed E-state index contributed by atoms with van der Waals surface area (Å²) in [4.78, 5) is 27.8.